The van der Waals surface area contributed by atoms with Crippen LogP contribution in [0.4, 0.5) is 20.2 Å². The third kappa shape index (κ3) is 3.06. The van der Waals surface area contributed by atoms with Crippen molar-refractivity contribution in [2.45, 2.75) is 6.42 Å². The van der Waals surface area contributed by atoms with E-state index >= 15 is 0 Å². The van der Waals surface area contributed by atoms with E-state index in [1.165, 1.54) is 0 Å². The van der Waals surface area contributed by atoms with E-state index in [-0.39, 0.29) is 11.4 Å². The Morgan fingerprint density at radius 3 is 2.38 bits per heavy atom. The van der Waals surface area contributed by atoms with Crippen molar-refractivity contribution in [2.24, 2.45) is 0 Å². The van der Waals surface area contributed by atoms with Crippen molar-refractivity contribution in [1.29, 1.82) is 0 Å². The summed E-state index contributed by atoms with van der Waals surface area (Å²) in [4.78, 5) is 1.56. The molecule has 16 heavy (non-hydrogen) atoms. The number of nitrogens with two attached hydrogens (primary N) is 1. The molecule has 1 aromatic carbocycles. The molecule has 0 aliphatic heterocycles. The van der Waals surface area contributed by atoms with Crippen molar-refractivity contribution in [3.05, 3.63) is 23.8 Å². The molecule has 0 aromatic heterocycles. The molecule has 3 N–H and O–H groups in total. The summed E-state index contributed by atoms with van der Waals surface area (Å²) in [5.41, 5.74) is 5.42. The number of benzene rings is 1. The lowest BCUT2D eigenvalue weighted by molar-refractivity contribution is 0.574. The second-order valence-electron chi connectivity index (χ2n) is 3.71. The van der Waals surface area contributed by atoms with Gasteiger partial charge >= 0.3 is 0 Å². The smallest absolute Gasteiger partial charge is 0.151 e. The Morgan fingerprint density at radius 2 is 1.88 bits per heavy atom. The fraction of sp³-hybridized carbons (Fsp3) is 0.455. The molecule has 1 rings (SSSR count). The van der Waals surface area contributed by atoms with Crippen LogP contribution in [-0.2, 0) is 0 Å². The van der Waals surface area contributed by atoms with Gasteiger partial charge in [-0.15, -0.1) is 0 Å². The molecule has 90 valence electrons. The fourth-order valence-corrected chi connectivity index (χ4v) is 1.55. The van der Waals surface area contributed by atoms with E-state index in [4.69, 9.17) is 5.73 Å². The number of hydrogen-bond acceptors (Lipinski definition) is 3. The number of halogens is 2. The fourth-order valence-electron chi connectivity index (χ4n) is 1.55. The first-order valence-corrected chi connectivity index (χ1v) is 5.16. The van der Waals surface area contributed by atoms with Crippen LogP contribution in [-0.4, -0.2) is 27.2 Å². The highest BCUT2D eigenvalue weighted by atomic mass is 19.1. The molecule has 0 saturated carbocycles. The average molecular weight is 229 g/mol. The van der Waals surface area contributed by atoms with Crippen LogP contribution in [0.3, 0.4) is 0 Å². The number of nitrogens with one attached hydrogen (secondary N) is 1. The van der Waals surface area contributed by atoms with Gasteiger partial charge < -0.3 is 16.0 Å². The zero-order valence-electron chi connectivity index (χ0n) is 9.56. The normalized spacial score (nSPS) is 10.5. The molecular formula is C11H17F2N3. The van der Waals surface area contributed by atoms with Gasteiger partial charge in [-0.05, 0) is 32.1 Å². The molecule has 1 aromatic rings. The summed E-state index contributed by atoms with van der Waals surface area (Å²) in [6.07, 6.45) is 0.816. The zero-order chi connectivity index (χ0) is 12.1. The third-order valence-electron chi connectivity index (χ3n) is 2.34. The largest absolute Gasteiger partial charge is 0.399 e. The maximum absolute atomic E-state index is 13.5. The minimum absolute atomic E-state index is 0.0229. The Morgan fingerprint density at radius 1 is 1.31 bits per heavy atom. The van der Waals surface area contributed by atoms with E-state index in [0.717, 1.165) is 25.1 Å². The Kier molecular flexibility index (Phi) is 4.49. The van der Waals surface area contributed by atoms with Crippen molar-refractivity contribution in [2.75, 3.05) is 37.8 Å². The highest BCUT2D eigenvalue weighted by molar-refractivity contribution is 5.55. The number of anilines is 2. The van der Waals surface area contributed by atoms with Crippen molar-refractivity contribution in [1.82, 2.24) is 5.32 Å². The van der Waals surface area contributed by atoms with E-state index in [2.05, 4.69) is 5.32 Å². The van der Waals surface area contributed by atoms with Gasteiger partial charge in [-0.3, -0.25) is 0 Å². The summed E-state index contributed by atoms with van der Waals surface area (Å²) >= 11 is 0. The summed E-state index contributed by atoms with van der Waals surface area (Å²) < 4.78 is 27.0. The topological polar surface area (TPSA) is 41.3 Å². The Hall–Kier alpha value is -1.36. The minimum atomic E-state index is -0.621. The maximum Gasteiger partial charge on any atom is 0.151 e. The predicted molar refractivity (Wildman–Crippen MR) is 62.6 cm³/mol. The molecule has 0 amide bonds. The van der Waals surface area contributed by atoms with Gasteiger partial charge in [0, 0.05) is 19.3 Å². The number of rotatable bonds is 5. The van der Waals surface area contributed by atoms with E-state index in [1.54, 1.807) is 11.9 Å². The van der Waals surface area contributed by atoms with Crippen LogP contribution in [0, 0.1) is 11.6 Å². The molecule has 3 nitrogen and oxygen atoms in total. The first kappa shape index (κ1) is 12.7. The van der Waals surface area contributed by atoms with Crippen LogP contribution >= 0.6 is 0 Å². The van der Waals surface area contributed by atoms with E-state index in [0.29, 0.717) is 6.54 Å². The van der Waals surface area contributed by atoms with Gasteiger partial charge in [0.15, 0.2) is 11.6 Å². The lowest BCUT2D eigenvalue weighted by Crippen LogP contribution is -2.24. The molecule has 0 aliphatic rings. The van der Waals surface area contributed by atoms with Crippen molar-refractivity contribution >= 4 is 11.4 Å². The Bertz CT molecular complexity index is 332. The molecule has 0 bridgehead atoms. The number of hydrogen-bond donors (Lipinski definition) is 2. The molecule has 0 aliphatic carbocycles. The van der Waals surface area contributed by atoms with Crippen LogP contribution in [0.2, 0.25) is 0 Å². The van der Waals surface area contributed by atoms with Crippen LogP contribution < -0.4 is 16.0 Å². The summed E-state index contributed by atoms with van der Waals surface area (Å²) in [5, 5.41) is 2.98. The molecule has 0 atom stereocenters. The molecule has 0 heterocycles. The SMILES string of the molecule is CNCCCN(C)c1c(F)cc(N)cc1F. The van der Waals surface area contributed by atoms with E-state index < -0.39 is 11.6 Å². The highest BCUT2D eigenvalue weighted by Crippen LogP contribution is 2.24. The second-order valence-corrected chi connectivity index (χ2v) is 3.71. The molecule has 0 spiro atoms. The highest BCUT2D eigenvalue weighted by Gasteiger charge is 2.14. The summed E-state index contributed by atoms with van der Waals surface area (Å²) in [5.74, 6) is -1.24. The summed E-state index contributed by atoms with van der Waals surface area (Å²) in [6.45, 7) is 1.39. The first-order valence-electron chi connectivity index (χ1n) is 5.16. The summed E-state index contributed by atoms with van der Waals surface area (Å²) in [7, 11) is 3.50. The van der Waals surface area contributed by atoms with Gasteiger partial charge in [-0.1, -0.05) is 0 Å². The van der Waals surface area contributed by atoms with Gasteiger partial charge in [0.1, 0.15) is 5.69 Å². The van der Waals surface area contributed by atoms with Crippen LogP contribution in [0.5, 0.6) is 0 Å². The molecule has 5 heteroatoms. The van der Waals surface area contributed by atoms with Gasteiger partial charge in [-0.25, -0.2) is 8.78 Å². The second kappa shape index (κ2) is 5.65. The molecule has 0 unspecified atom stereocenters. The van der Waals surface area contributed by atoms with Gasteiger partial charge in [0.2, 0.25) is 0 Å². The molecule has 0 saturated heterocycles. The molecule has 0 radical (unpaired) electrons. The zero-order valence-corrected chi connectivity index (χ0v) is 9.56. The maximum atomic E-state index is 13.5. The van der Waals surface area contributed by atoms with Gasteiger partial charge in [0.05, 0.1) is 0 Å². The van der Waals surface area contributed by atoms with Crippen LogP contribution in [0.1, 0.15) is 6.42 Å². The van der Waals surface area contributed by atoms with Crippen LogP contribution in [0.15, 0.2) is 12.1 Å². The average Bonchev–Trinajstić information content (AvgIpc) is 2.16. The third-order valence-corrected chi connectivity index (χ3v) is 2.34. The van der Waals surface area contributed by atoms with E-state index in [1.807, 2.05) is 7.05 Å². The summed E-state index contributed by atoms with van der Waals surface area (Å²) in [6, 6.07) is 2.26. The lowest BCUT2D eigenvalue weighted by Gasteiger charge is -2.20. The Labute approximate surface area is 94.2 Å². The van der Waals surface area contributed by atoms with Crippen molar-refractivity contribution in [3.8, 4) is 0 Å². The minimum Gasteiger partial charge on any atom is -0.399 e. The van der Waals surface area contributed by atoms with Crippen LogP contribution in [0.25, 0.3) is 0 Å². The Balaban J connectivity index is 2.78. The lowest BCUT2D eigenvalue weighted by atomic mass is 10.2. The number of nitrogen functional groups attached to an aromatic ring is 1. The monoisotopic (exact) mass is 229 g/mol. The first-order chi connectivity index (χ1) is 7.56. The number of nitrogens with zero attached hydrogens (tertiary/aromatic N) is 1. The van der Waals surface area contributed by atoms with Crippen molar-refractivity contribution < 1.29 is 8.78 Å². The van der Waals surface area contributed by atoms with Gasteiger partial charge in [0.25, 0.3) is 0 Å². The van der Waals surface area contributed by atoms with E-state index in [9.17, 15) is 8.78 Å². The van der Waals surface area contributed by atoms with Crippen molar-refractivity contribution in [3.63, 3.8) is 0 Å². The standard InChI is InChI=1S/C11H17F2N3/c1-15-4-3-5-16(2)11-9(12)6-8(14)7-10(11)13/h6-7,15H,3-5,14H2,1-2H3. The predicted octanol–water partition coefficient (Wildman–Crippen LogP) is 1.59. The molecular weight excluding hydrogens is 212 g/mol. The molecule has 0 fully saturated rings. The van der Waals surface area contributed by atoms with Gasteiger partial charge in [-0.2, -0.15) is 0 Å². The quantitative estimate of drug-likeness (QED) is 0.595.